The van der Waals surface area contributed by atoms with Crippen molar-refractivity contribution in [1.82, 2.24) is 9.29 Å². The molecule has 0 bridgehead atoms. The van der Waals surface area contributed by atoms with E-state index in [9.17, 15) is 13.2 Å². The van der Waals surface area contributed by atoms with Crippen LogP contribution in [0.5, 0.6) is 0 Å². The second-order valence-corrected chi connectivity index (χ2v) is 11.0. The first-order valence-electron chi connectivity index (χ1n) is 9.33. The summed E-state index contributed by atoms with van der Waals surface area (Å²) in [5, 5.41) is 2.47. The molecule has 28 heavy (non-hydrogen) atoms. The lowest BCUT2D eigenvalue weighted by Gasteiger charge is -2.19. The van der Waals surface area contributed by atoms with Gasteiger partial charge in [-0.15, -0.1) is 29.3 Å². The van der Waals surface area contributed by atoms with E-state index >= 15 is 0 Å². The van der Waals surface area contributed by atoms with Crippen molar-refractivity contribution < 1.29 is 13.2 Å². The fraction of sp³-hybridized carbons (Fsp3) is 0.474. The van der Waals surface area contributed by atoms with Gasteiger partial charge in [0.1, 0.15) is 4.21 Å². The number of thiophene rings is 1. The number of aromatic nitrogens is 1. The Morgan fingerprint density at radius 1 is 1.36 bits per heavy atom. The summed E-state index contributed by atoms with van der Waals surface area (Å²) in [6.07, 6.45) is 6.76. The fourth-order valence-corrected chi connectivity index (χ4v) is 6.73. The SMILES string of the molecule is C=CCN(C(=O)CCCN(C)S(=O)(=O)c1cccs1)c1nc2c(s1)CCCC2. The van der Waals surface area contributed by atoms with E-state index in [0.29, 0.717) is 23.7 Å². The maximum Gasteiger partial charge on any atom is 0.252 e. The fourth-order valence-electron chi connectivity index (χ4n) is 3.14. The van der Waals surface area contributed by atoms with Crippen molar-refractivity contribution in [3.05, 3.63) is 40.7 Å². The van der Waals surface area contributed by atoms with Gasteiger partial charge in [0.2, 0.25) is 5.91 Å². The van der Waals surface area contributed by atoms with Crippen LogP contribution in [0.25, 0.3) is 0 Å². The molecular formula is C19H25N3O3S3. The van der Waals surface area contributed by atoms with E-state index < -0.39 is 10.0 Å². The molecule has 1 aliphatic rings. The molecular weight excluding hydrogens is 414 g/mol. The van der Waals surface area contributed by atoms with Crippen LogP contribution in [0.2, 0.25) is 0 Å². The zero-order valence-electron chi connectivity index (χ0n) is 16.0. The van der Waals surface area contributed by atoms with Gasteiger partial charge in [-0.1, -0.05) is 12.1 Å². The molecule has 6 nitrogen and oxygen atoms in total. The lowest BCUT2D eigenvalue weighted by Crippen LogP contribution is -2.32. The number of amides is 1. The first-order valence-corrected chi connectivity index (χ1v) is 12.5. The summed E-state index contributed by atoms with van der Waals surface area (Å²) in [7, 11) is -1.93. The van der Waals surface area contributed by atoms with E-state index in [0.717, 1.165) is 30.1 Å². The Morgan fingerprint density at radius 3 is 2.82 bits per heavy atom. The summed E-state index contributed by atoms with van der Waals surface area (Å²) in [5.74, 6) is -0.0482. The molecule has 0 N–H and O–H groups in total. The second-order valence-electron chi connectivity index (χ2n) is 6.73. The van der Waals surface area contributed by atoms with Gasteiger partial charge in [0.25, 0.3) is 10.0 Å². The van der Waals surface area contributed by atoms with E-state index in [1.54, 1.807) is 46.9 Å². The number of sulfonamides is 1. The van der Waals surface area contributed by atoms with Gasteiger partial charge >= 0.3 is 0 Å². The van der Waals surface area contributed by atoms with Crippen LogP contribution in [-0.2, 0) is 27.7 Å². The summed E-state index contributed by atoms with van der Waals surface area (Å²) in [5.41, 5.74) is 1.12. The molecule has 0 unspecified atom stereocenters. The molecule has 2 aromatic rings. The Labute approximate surface area is 174 Å². The summed E-state index contributed by atoms with van der Waals surface area (Å²) in [6.45, 7) is 4.46. The number of hydrogen-bond acceptors (Lipinski definition) is 6. The van der Waals surface area contributed by atoms with Gasteiger partial charge in [0, 0.05) is 31.4 Å². The Bertz CT molecular complexity index is 896. The third-order valence-electron chi connectivity index (χ3n) is 4.70. The monoisotopic (exact) mass is 439 g/mol. The highest BCUT2D eigenvalue weighted by Gasteiger charge is 2.24. The Kier molecular flexibility index (Phi) is 7.03. The topological polar surface area (TPSA) is 70.6 Å². The van der Waals surface area contributed by atoms with Crippen LogP contribution in [0.3, 0.4) is 0 Å². The zero-order valence-corrected chi connectivity index (χ0v) is 18.4. The first-order chi connectivity index (χ1) is 13.4. The minimum absolute atomic E-state index is 0.0482. The van der Waals surface area contributed by atoms with Crippen molar-refractivity contribution in [2.75, 3.05) is 25.0 Å². The van der Waals surface area contributed by atoms with E-state index in [2.05, 4.69) is 11.6 Å². The summed E-state index contributed by atoms with van der Waals surface area (Å²) >= 11 is 2.79. The molecule has 2 aromatic heterocycles. The van der Waals surface area contributed by atoms with Crippen molar-refractivity contribution >= 4 is 43.7 Å². The Hall–Kier alpha value is -1.55. The number of fused-ring (bicyclic) bond motifs is 1. The third kappa shape index (κ3) is 4.71. The maximum absolute atomic E-state index is 12.8. The van der Waals surface area contributed by atoms with Gasteiger partial charge in [0.15, 0.2) is 5.13 Å². The minimum Gasteiger partial charge on any atom is -0.284 e. The van der Waals surface area contributed by atoms with Crippen LogP contribution >= 0.6 is 22.7 Å². The zero-order chi connectivity index (χ0) is 20.1. The average molecular weight is 440 g/mol. The molecule has 3 rings (SSSR count). The quantitative estimate of drug-likeness (QED) is 0.559. The van der Waals surface area contributed by atoms with Crippen LogP contribution in [0.15, 0.2) is 34.4 Å². The Balaban J connectivity index is 1.60. The highest BCUT2D eigenvalue weighted by Crippen LogP contribution is 2.32. The summed E-state index contributed by atoms with van der Waals surface area (Å²) in [4.78, 5) is 20.4. The van der Waals surface area contributed by atoms with E-state index in [1.807, 2.05) is 0 Å². The molecule has 9 heteroatoms. The van der Waals surface area contributed by atoms with Crippen LogP contribution < -0.4 is 4.90 Å². The smallest absolute Gasteiger partial charge is 0.252 e. The first kappa shape index (κ1) is 21.2. The molecule has 0 aliphatic heterocycles. The van der Waals surface area contributed by atoms with E-state index in [-0.39, 0.29) is 12.3 Å². The van der Waals surface area contributed by atoms with Gasteiger partial charge < -0.3 is 0 Å². The molecule has 0 radical (unpaired) electrons. The molecule has 0 atom stereocenters. The molecule has 0 aromatic carbocycles. The molecule has 1 aliphatic carbocycles. The van der Waals surface area contributed by atoms with Crippen molar-refractivity contribution in [1.29, 1.82) is 0 Å². The number of thiazole rings is 1. The normalized spacial score (nSPS) is 14.1. The number of rotatable bonds is 9. The standard InChI is InChI=1S/C19H25N3O3S3/c1-3-12-22(19-20-15-8-4-5-9-16(15)27-19)17(23)10-6-13-21(2)28(24,25)18-11-7-14-26-18/h3,7,11,14H,1,4-6,8-10,12-13H2,2H3. The summed E-state index contributed by atoms with van der Waals surface area (Å²) in [6, 6.07) is 3.31. The molecule has 0 fully saturated rings. The van der Waals surface area contributed by atoms with Crippen LogP contribution in [0.1, 0.15) is 36.3 Å². The highest BCUT2D eigenvalue weighted by molar-refractivity contribution is 7.91. The van der Waals surface area contributed by atoms with Crippen molar-refractivity contribution in [2.24, 2.45) is 0 Å². The molecule has 0 spiro atoms. The molecule has 2 heterocycles. The van der Waals surface area contributed by atoms with Gasteiger partial charge in [-0.25, -0.2) is 17.7 Å². The van der Waals surface area contributed by atoms with Crippen LogP contribution in [0.4, 0.5) is 5.13 Å². The number of anilines is 1. The molecule has 0 saturated carbocycles. The van der Waals surface area contributed by atoms with Crippen molar-refractivity contribution in [3.63, 3.8) is 0 Å². The number of aryl methyl sites for hydroxylation is 2. The molecule has 152 valence electrons. The number of nitrogens with zero attached hydrogens (tertiary/aromatic N) is 3. The number of carbonyl (C=O) groups excluding carboxylic acids is 1. The largest absolute Gasteiger partial charge is 0.284 e. The number of hydrogen-bond donors (Lipinski definition) is 0. The predicted octanol–water partition coefficient (Wildman–Crippen LogP) is 3.70. The van der Waals surface area contributed by atoms with Crippen LogP contribution in [-0.4, -0.2) is 43.8 Å². The van der Waals surface area contributed by atoms with E-state index in [4.69, 9.17) is 0 Å². The average Bonchev–Trinajstić information content (AvgIpc) is 3.35. The van der Waals surface area contributed by atoms with E-state index in [1.165, 1.54) is 26.9 Å². The van der Waals surface area contributed by atoms with Gasteiger partial charge in [-0.2, -0.15) is 0 Å². The second kappa shape index (κ2) is 9.30. The van der Waals surface area contributed by atoms with Gasteiger partial charge in [-0.3, -0.25) is 9.69 Å². The van der Waals surface area contributed by atoms with Gasteiger partial charge in [0.05, 0.1) is 5.69 Å². The Morgan fingerprint density at radius 2 is 2.14 bits per heavy atom. The van der Waals surface area contributed by atoms with Crippen molar-refractivity contribution in [2.45, 2.75) is 42.7 Å². The van der Waals surface area contributed by atoms with Crippen LogP contribution in [0, 0.1) is 0 Å². The minimum atomic E-state index is -3.48. The highest BCUT2D eigenvalue weighted by atomic mass is 32.2. The lowest BCUT2D eigenvalue weighted by molar-refractivity contribution is -0.118. The van der Waals surface area contributed by atoms with Gasteiger partial charge in [-0.05, 0) is 43.6 Å². The number of carbonyl (C=O) groups is 1. The predicted molar refractivity (Wildman–Crippen MR) is 115 cm³/mol. The maximum atomic E-state index is 12.8. The third-order valence-corrected chi connectivity index (χ3v) is 9.11. The summed E-state index contributed by atoms with van der Waals surface area (Å²) < 4.78 is 26.6. The van der Waals surface area contributed by atoms with Crippen molar-refractivity contribution in [3.8, 4) is 0 Å². The lowest BCUT2D eigenvalue weighted by atomic mass is 10.0. The molecule has 1 amide bonds. The molecule has 0 saturated heterocycles.